The third kappa shape index (κ3) is 5.03. The number of hydrogen-bond acceptors (Lipinski definition) is 8. The van der Waals surface area contributed by atoms with Crippen LogP contribution in [0.1, 0.15) is 59.3 Å². The van der Waals surface area contributed by atoms with Crippen molar-refractivity contribution < 1.29 is 9.26 Å². The smallest absolute Gasteiger partial charge is 0.377 e. The lowest BCUT2D eigenvalue weighted by atomic mass is 9.83. The monoisotopic (exact) mass is 565 g/mol. The van der Waals surface area contributed by atoms with Gasteiger partial charge in [-0.3, -0.25) is 14.5 Å². The molecule has 1 saturated carbocycles. The molecule has 0 bridgehead atoms. The number of aromatic nitrogens is 6. The first-order chi connectivity index (χ1) is 19.2. The molecule has 0 aromatic carbocycles. The Hall–Kier alpha value is -3.24. The summed E-state index contributed by atoms with van der Waals surface area (Å²) >= 11 is 6.40. The summed E-state index contributed by atoms with van der Waals surface area (Å²) in [7, 11) is 1.78. The topological polar surface area (TPSA) is 115 Å². The lowest BCUT2D eigenvalue weighted by molar-refractivity contribution is 0.00151. The fourth-order valence-corrected chi connectivity index (χ4v) is 6.55. The maximum Gasteiger partial charge on any atom is 0.439 e. The minimum atomic E-state index is -0.637. The molecule has 0 spiro atoms. The quantitative estimate of drug-likeness (QED) is 0.303. The van der Waals surface area contributed by atoms with Crippen LogP contribution in [0.15, 0.2) is 33.8 Å². The fourth-order valence-electron chi connectivity index (χ4n) is 6.38. The largest absolute Gasteiger partial charge is 0.439 e. The van der Waals surface area contributed by atoms with E-state index in [0.717, 1.165) is 54.4 Å². The van der Waals surface area contributed by atoms with Crippen molar-refractivity contribution in [2.75, 3.05) is 18.6 Å². The minimum Gasteiger partial charge on any atom is -0.377 e. The zero-order chi connectivity index (χ0) is 28.0. The molecule has 1 aliphatic carbocycles. The van der Waals surface area contributed by atoms with Gasteiger partial charge in [0, 0.05) is 38.2 Å². The van der Waals surface area contributed by atoms with Crippen molar-refractivity contribution in [3.05, 3.63) is 40.1 Å². The van der Waals surface area contributed by atoms with Crippen molar-refractivity contribution in [3.63, 3.8) is 0 Å². The second-order valence-electron chi connectivity index (χ2n) is 11.9. The molecule has 10 nitrogen and oxygen atoms in total. The molecule has 1 atom stereocenters. The lowest BCUT2D eigenvalue weighted by Crippen LogP contribution is -2.48. The molecule has 6 rings (SSSR count). The fraction of sp³-hybridized carbons (Fsp3) is 0.552. The maximum absolute atomic E-state index is 11.8. The van der Waals surface area contributed by atoms with Crippen LogP contribution in [-0.2, 0) is 11.3 Å². The number of imidazole rings is 1. The van der Waals surface area contributed by atoms with Crippen LogP contribution < -0.4 is 10.7 Å². The standard InChI is InChI=1S/C29H36ClN7O3/c1-17-7-9-18(10-8-17)16-37-25-21(33-27(37)36-11-5-6-23(36)29(2,3)39-4)13-22(26-34-28(38)40-35-26)32-24(25)19-12-20(30)15-31-14-19/h12-15,17-18,23H,5-11,16H2,1-4H3,(H,34,35,38). The Morgan fingerprint density at radius 3 is 2.65 bits per heavy atom. The van der Waals surface area contributed by atoms with Gasteiger partial charge in [0.1, 0.15) is 5.69 Å². The predicted octanol–water partition coefficient (Wildman–Crippen LogP) is 5.71. The van der Waals surface area contributed by atoms with Gasteiger partial charge >= 0.3 is 5.76 Å². The second kappa shape index (κ2) is 10.6. The predicted molar refractivity (Wildman–Crippen MR) is 154 cm³/mol. The Labute approximate surface area is 238 Å². The van der Waals surface area contributed by atoms with Crippen LogP contribution in [-0.4, -0.2) is 55.0 Å². The van der Waals surface area contributed by atoms with E-state index in [-0.39, 0.29) is 17.5 Å². The molecule has 11 heteroatoms. The molecule has 1 aliphatic heterocycles. The van der Waals surface area contributed by atoms with Crippen LogP contribution in [0.2, 0.25) is 5.02 Å². The van der Waals surface area contributed by atoms with Crippen LogP contribution in [0.3, 0.4) is 0 Å². The van der Waals surface area contributed by atoms with Crippen molar-refractivity contribution in [1.82, 2.24) is 29.7 Å². The number of anilines is 1. The molecule has 2 aliphatic rings. The molecular weight excluding hydrogens is 530 g/mol. The number of aromatic amines is 1. The highest BCUT2D eigenvalue weighted by atomic mass is 35.5. The van der Waals surface area contributed by atoms with Gasteiger partial charge in [-0.1, -0.05) is 36.5 Å². The van der Waals surface area contributed by atoms with E-state index in [9.17, 15) is 4.79 Å². The molecule has 0 amide bonds. The van der Waals surface area contributed by atoms with Crippen LogP contribution in [0.5, 0.6) is 0 Å². The number of pyridine rings is 2. The first-order valence-corrected chi connectivity index (χ1v) is 14.5. The van der Waals surface area contributed by atoms with Gasteiger partial charge in [0.25, 0.3) is 0 Å². The van der Waals surface area contributed by atoms with Crippen molar-refractivity contribution >= 4 is 28.6 Å². The van der Waals surface area contributed by atoms with Crippen molar-refractivity contribution in [2.45, 2.75) is 77.5 Å². The number of fused-ring (bicyclic) bond motifs is 1. The number of rotatable bonds is 7. The first kappa shape index (κ1) is 27.0. The Balaban J connectivity index is 1.58. The molecule has 5 heterocycles. The minimum absolute atomic E-state index is 0.176. The summed E-state index contributed by atoms with van der Waals surface area (Å²) < 4.78 is 13.1. The van der Waals surface area contributed by atoms with Crippen molar-refractivity contribution in [2.24, 2.45) is 11.8 Å². The number of halogens is 1. The van der Waals surface area contributed by atoms with Gasteiger partial charge in [0.2, 0.25) is 11.8 Å². The van der Waals surface area contributed by atoms with E-state index in [0.29, 0.717) is 22.3 Å². The third-order valence-corrected chi connectivity index (χ3v) is 8.99. The third-order valence-electron chi connectivity index (χ3n) is 8.78. The van der Waals surface area contributed by atoms with Crippen LogP contribution in [0.25, 0.3) is 33.8 Å². The average molecular weight is 566 g/mol. The van der Waals surface area contributed by atoms with E-state index in [1.54, 1.807) is 19.5 Å². The molecule has 4 aromatic heterocycles. The van der Waals surface area contributed by atoms with Crippen molar-refractivity contribution in [3.8, 4) is 22.8 Å². The van der Waals surface area contributed by atoms with Gasteiger partial charge in [-0.2, -0.15) is 0 Å². The summed E-state index contributed by atoms with van der Waals surface area (Å²) in [5, 5.41) is 4.41. The average Bonchev–Trinajstić information content (AvgIpc) is 3.68. The molecule has 0 radical (unpaired) electrons. The lowest BCUT2D eigenvalue weighted by Gasteiger charge is -2.38. The summed E-state index contributed by atoms with van der Waals surface area (Å²) in [6, 6.07) is 3.91. The summed E-state index contributed by atoms with van der Waals surface area (Å²) in [4.78, 5) is 31.4. The van der Waals surface area contributed by atoms with Gasteiger partial charge in [0.15, 0.2) is 0 Å². The number of methoxy groups -OCH3 is 1. The van der Waals surface area contributed by atoms with Gasteiger partial charge in [-0.05, 0) is 63.5 Å². The van der Waals surface area contributed by atoms with Crippen LogP contribution in [0.4, 0.5) is 5.95 Å². The van der Waals surface area contributed by atoms with E-state index in [1.807, 2.05) is 12.1 Å². The van der Waals surface area contributed by atoms with E-state index in [2.05, 4.69) is 45.4 Å². The number of H-pyrrole nitrogens is 1. The zero-order valence-corrected chi connectivity index (χ0v) is 24.2. The Bertz CT molecular complexity index is 1570. The number of nitrogens with zero attached hydrogens (tertiary/aromatic N) is 6. The Morgan fingerprint density at radius 1 is 1.15 bits per heavy atom. The Morgan fingerprint density at radius 2 is 1.95 bits per heavy atom. The number of hydrogen-bond donors (Lipinski definition) is 1. The Kier molecular flexibility index (Phi) is 7.16. The SMILES string of the molecule is COC(C)(C)C1CCCN1c1nc2cc(-c3noc(=O)[nH]3)nc(-c3cncc(Cl)c3)c2n1CC1CCC(C)CC1. The highest BCUT2D eigenvalue weighted by Crippen LogP contribution is 2.40. The number of nitrogens with one attached hydrogen (secondary N) is 1. The van der Waals surface area contributed by atoms with Crippen LogP contribution >= 0.6 is 11.6 Å². The highest BCUT2D eigenvalue weighted by molar-refractivity contribution is 6.30. The molecular formula is C29H36ClN7O3. The van der Waals surface area contributed by atoms with E-state index < -0.39 is 5.76 Å². The van der Waals surface area contributed by atoms with Gasteiger partial charge in [-0.15, -0.1) is 0 Å². The van der Waals surface area contributed by atoms with Gasteiger partial charge in [-0.25, -0.2) is 14.8 Å². The normalized spacial score (nSPS) is 21.9. The van der Waals surface area contributed by atoms with E-state index in [4.69, 9.17) is 30.8 Å². The zero-order valence-electron chi connectivity index (χ0n) is 23.5. The molecule has 1 N–H and O–H groups in total. The van der Waals surface area contributed by atoms with E-state index in [1.165, 1.54) is 25.7 Å². The van der Waals surface area contributed by atoms with Gasteiger partial charge in [0.05, 0.1) is 33.4 Å². The summed E-state index contributed by atoms with van der Waals surface area (Å²) in [5.41, 5.74) is 3.27. The molecule has 2 fully saturated rings. The molecule has 40 heavy (non-hydrogen) atoms. The molecule has 212 valence electrons. The number of ether oxygens (including phenoxy) is 1. The van der Waals surface area contributed by atoms with Crippen LogP contribution in [0, 0.1) is 11.8 Å². The summed E-state index contributed by atoms with van der Waals surface area (Å²) in [6.45, 7) is 8.38. The van der Waals surface area contributed by atoms with Crippen molar-refractivity contribution in [1.29, 1.82) is 0 Å². The highest BCUT2D eigenvalue weighted by Gasteiger charge is 2.40. The first-order valence-electron chi connectivity index (χ1n) is 14.1. The maximum atomic E-state index is 11.8. The second-order valence-corrected chi connectivity index (χ2v) is 12.3. The molecule has 1 unspecified atom stereocenters. The summed E-state index contributed by atoms with van der Waals surface area (Å²) in [5.74, 6) is 1.84. The van der Waals surface area contributed by atoms with E-state index >= 15 is 0 Å². The molecule has 4 aromatic rings. The molecule has 1 saturated heterocycles. The van der Waals surface area contributed by atoms with Gasteiger partial charge < -0.3 is 14.2 Å². The summed E-state index contributed by atoms with van der Waals surface area (Å²) in [6.07, 6.45) is 10.3.